The van der Waals surface area contributed by atoms with Gasteiger partial charge in [0.2, 0.25) is 0 Å². The van der Waals surface area contributed by atoms with Gasteiger partial charge < -0.3 is 10.1 Å². The van der Waals surface area contributed by atoms with E-state index in [0.717, 1.165) is 17.8 Å². The fourth-order valence-corrected chi connectivity index (χ4v) is 1.92. The van der Waals surface area contributed by atoms with E-state index in [2.05, 4.69) is 10.3 Å². The number of carbonyl (C=O) groups is 1. The first-order valence-corrected chi connectivity index (χ1v) is 6.91. The molecule has 0 radical (unpaired) electrons. The second-order valence-electron chi connectivity index (χ2n) is 4.71. The molecule has 0 unspecified atom stereocenters. The van der Waals surface area contributed by atoms with Crippen LogP contribution in [-0.2, 0) is 17.5 Å². The molecule has 1 aromatic carbocycles. The molecule has 0 saturated heterocycles. The van der Waals surface area contributed by atoms with E-state index in [0.29, 0.717) is 25.1 Å². The highest BCUT2D eigenvalue weighted by molar-refractivity contribution is 6.05. The summed E-state index contributed by atoms with van der Waals surface area (Å²) in [5, 5.41) is 2.45. The van der Waals surface area contributed by atoms with Gasteiger partial charge in [-0.2, -0.15) is 13.2 Å². The van der Waals surface area contributed by atoms with Gasteiger partial charge in [-0.3, -0.25) is 9.78 Å². The predicted octanol–water partition coefficient (Wildman–Crippen LogP) is 3.89. The fourth-order valence-electron chi connectivity index (χ4n) is 1.92. The fraction of sp³-hybridized carbons (Fsp3) is 0.250. The minimum absolute atomic E-state index is 0.403. The van der Waals surface area contributed by atoms with E-state index in [1.807, 2.05) is 6.92 Å². The van der Waals surface area contributed by atoms with Gasteiger partial charge in [-0.05, 0) is 30.7 Å². The molecule has 122 valence electrons. The Bertz CT molecular complexity index is 670. The van der Waals surface area contributed by atoms with Crippen molar-refractivity contribution in [2.75, 3.05) is 11.9 Å². The van der Waals surface area contributed by atoms with Crippen LogP contribution in [0.2, 0.25) is 0 Å². The number of benzene rings is 1. The standard InChI is InChI=1S/C16H15F3N2O2/c1-2-23-10-11-3-5-12(6-4-11)21-15(22)13-7-8-20-9-14(13)16(17,18)19/h3-9H,2,10H2,1H3,(H,21,22). The van der Waals surface area contributed by atoms with Crippen LogP contribution in [-0.4, -0.2) is 17.5 Å². The molecule has 0 spiro atoms. The molecule has 1 amide bonds. The monoisotopic (exact) mass is 324 g/mol. The summed E-state index contributed by atoms with van der Waals surface area (Å²) in [4.78, 5) is 15.5. The van der Waals surface area contributed by atoms with Gasteiger partial charge in [-0.25, -0.2) is 0 Å². The number of carbonyl (C=O) groups excluding carboxylic acids is 1. The van der Waals surface area contributed by atoms with Crippen LogP contribution in [0.5, 0.6) is 0 Å². The van der Waals surface area contributed by atoms with Crippen LogP contribution < -0.4 is 5.32 Å². The summed E-state index contributed by atoms with van der Waals surface area (Å²) < 4.78 is 43.9. The maximum atomic E-state index is 12.9. The van der Waals surface area contributed by atoms with E-state index in [1.165, 1.54) is 0 Å². The third-order valence-electron chi connectivity index (χ3n) is 3.06. The van der Waals surface area contributed by atoms with Gasteiger partial charge in [0, 0.05) is 24.7 Å². The molecule has 23 heavy (non-hydrogen) atoms. The SMILES string of the molecule is CCOCc1ccc(NC(=O)c2ccncc2C(F)(F)F)cc1. The smallest absolute Gasteiger partial charge is 0.377 e. The van der Waals surface area contributed by atoms with Crippen molar-refractivity contribution in [1.82, 2.24) is 4.98 Å². The Labute approximate surface area is 131 Å². The number of aromatic nitrogens is 1. The molecule has 0 aliphatic heterocycles. The van der Waals surface area contributed by atoms with Crippen LogP contribution in [0.1, 0.15) is 28.4 Å². The minimum atomic E-state index is -4.64. The molecule has 0 fully saturated rings. The van der Waals surface area contributed by atoms with E-state index < -0.39 is 23.2 Å². The number of anilines is 1. The summed E-state index contributed by atoms with van der Waals surface area (Å²) in [6, 6.07) is 7.74. The van der Waals surface area contributed by atoms with Crippen molar-refractivity contribution in [3.63, 3.8) is 0 Å². The van der Waals surface area contributed by atoms with Crippen LogP contribution in [0, 0.1) is 0 Å². The Kier molecular flexibility index (Phi) is 5.33. The van der Waals surface area contributed by atoms with Crippen LogP contribution >= 0.6 is 0 Å². The van der Waals surface area contributed by atoms with Gasteiger partial charge in [0.1, 0.15) is 0 Å². The third-order valence-corrected chi connectivity index (χ3v) is 3.06. The first kappa shape index (κ1) is 17.0. The lowest BCUT2D eigenvalue weighted by Gasteiger charge is -2.12. The Morgan fingerprint density at radius 2 is 1.91 bits per heavy atom. The maximum absolute atomic E-state index is 12.9. The number of amides is 1. The van der Waals surface area contributed by atoms with Gasteiger partial charge in [0.15, 0.2) is 0 Å². The lowest BCUT2D eigenvalue weighted by molar-refractivity contribution is -0.138. The molecule has 1 N–H and O–H groups in total. The van der Waals surface area contributed by atoms with Crippen molar-refractivity contribution >= 4 is 11.6 Å². The Balaban J connectivity index is 2.14. The van der Waals surface area contributed by atoms with Crippen molar-refractivity contribution in [3.05, 3.63) is 59.4 Å². The van der Waals surface area contributed by atoms with Gasteiger partial charge in [0.25, 0.3) is 5.91 Å². The van der Waals surface area contributed by atoms with Crippen molar-refractivity contribution < 1.29 is 22.7 Å². The first-order valence-electron chi connectivity index (χ1n) is 6.91. The lowest BCUT2D eigenvalue weighted by atomic mass is 10.1. The molecule has 2 rings (SSSR count). The molecule has 1 aromatic heterocycles. The molecule has 2 aromatic rings. The molecule has 7 heteroatoms. The van der Waals surface area contributed by atoms with Crippen molar-refractivity contribution in [2.45, 2.75) is 19.7 Å². The summed E-state index contributed by atoms with van der Waals surface area (Å²) in [6.45, 7) is 2.90. The second kappa shape index (κ2) is 7.23. The number of rotatable bonds is 5. The van der Waals surface area contributed by atoms with E-state index in [-0.39, 0.29) is 0 Å². The highest BCUT2D eigenvalue weighted by Crippen LogP contribution is 2.31. The number of hydrogen-bond donors (Lipinski definition) is 1. The van der Waals surface area contributed by atoms with E-state index in [9.17, 15) is 18.0 Å². The first-order chi connectivity index (χ1) is 10.9. The summed E-state index contributed by atoms with van der Waals surface area (Å²) in [5.41, 5.74) is -0.221. The zero-order valence-electron chi connectivity index (χ0n) is 12.4. The highest BCUT2D eigenvalue weighted by atomic mass is 19.4. The topological polar surface area (TPSA) is 51.2 Å². The molecular weight excluding hydrogens is 309 g/mol. The second-order valence-corrected chi connectivity index (χ2v) is 4.71. The molecule has 0 bridgehead atoms. The average Bonchev–Trinajstić information content (AvgIpc) is 2.53. The molecule has 0 aliphatic carbocycles. The molecule has 0 atom stereocenters. The maximum Gasteiger partial charge on any atom is 0.418 e. The number of halogens is 3. The Hall–Kier alpha value is -2.41. The summed E-state index contributed by atoms with van der Waals surface area (Å²) in [5.74, 6) is -0.836. The van der Waals surface area contributed by atoms with Crippen molar-refractivity contribution in [1.29, 1.82) is 0 Å². The van der Waals surface area contributed by atoms with Crippen LogP contribution in [0.3, 0.4) is 0 Å². The van der Waals surface area contributed by atoms with Crippen LogP contribution in [0.15, 0.2) is 42.7 Å². The van der Waals surface area contributed by atoms with Crippen molar-refractivity contribution in [3.8, 4) is 0 Å². The normalized spacial score (nSPS) is 11.3. The molecule has 0 aliphatic rings. The number of ether oxygens (including phenoxy) is 1. The predicted molar refractivity (Wildman–Crippen MR) is 79.0 cm³/mol. The molecule has 0 saturated carbocycles. The Morgan fingerprint density at radius 3 is 2.52 bits per heavy atom. The average molecular weight is 324 g/mol. The summed E-state index contributed by atoms with van der Waals surface area (Å²) in [6.07, 6.45) is -2.85. The van der Waals surface area contributed by atoms with E-state index in [1.54, 1.807) is 24.3 Å². The van der Waals surface area contributed by atoms with Gasteiger partial charge in [-0.15, -0.1) is 0 Å². The van der Waals surface area contributed by atoms with Crippen LogP contribution in [0.4, 0.5) is 18.9 Å². The highest BCUT2D eigenvalue weighted by Gasteiger charge is 2.35. The number of pyridine rings is 1. The largest absolute Gasteiger partial charge is 0.418 e. The van der Waals surface area contributed by atoms with Gasteiger partial charge >= 0.3 is 6.18 Å². The molecule has 1 heterocycles. The Morgan fingerprint density at radius 1 is 1.22 bits per heavy atom. The van der Waals surface area contributed by atoms with Gasteiger partial charge in [0.05, 0.1) is 17.7 Å². The number of alkyl halides is 3. The van der Waals surface area contributed by atoms with E-state index in [4.69, 9.17) is 4.74 Å². The molecular formula is C16H15F3N2O2. The van der Waals surface area contributed by atoms with Crippen molar-refractivity contribution in [2.24, 2.45) is 0 Å². The quantitative estimate of drug-likeness (QED) is 0.908. The van der Waals surface area contributed by atoms with Crippen LogP contribution in [0.25, 0.3) is 0 Å². The number of nitrogens with one attached hydrogen (secondary N) is 1. The number of nitrogens with zero attached hydrogens (tertiary/aromatic N) is 1. The third kappa shape index (κ3) is 4.53. The summed E-state index contributed by atoms with van der Waals surface area (Å²) >= 11 is 0. The molecule has 4 nitrogen and oxygen atoms in total. The zero-order chi connectivity index (χ0) is 16.9. The lowest BCUT2D eigenvalue weighted by Crippen LogP contribution is -2.19. The van der Waals surface area contributed by atoms with E-state index >= 15 is 0 Å². The van der Waals surface area contributed by atoms with Gasteiger partial charge in [-0.1, -0.05) is 12.1 Å². The number of hydrogen-bond acceptors (Lipinski definition) is 3. The summed E-state index contributed by atoms with van der Waals surface area (Å²) in [7, 11) is 0. The zero-order valence-corrected chi connectivity index (χ0v) is 12.4. The minimum Gasteiger partial charge on any atom is -0.377 e.